The number of aryl methyl sites for hydroxylation is 1. The minimum atomic E-state index is -2.82. The van der Waals surface area contributed by atoms with E-state index in [0.29, 0.717) is 48.2 Å². The van der Waals surface area contributed by atoms with E-state index in [0.717, 1.165) is 5.57 Å². The maximum absolute atomic E-state index is 12.1. The van der Waals surface area contributed by atoms with Crippen molar-refractivity contribution in [3.8, 4) is 11.4 Å². The molecule has 0 saturated heterocycles. The fourth-order valence-electron chi connectivity index (χ4n) is 3.55. The maximum Gasteiger partial charge on any atom is 0.345 e. The minimum Gasteiger partial charge on any atom is -0.368 e. The summed E-state index contributed by atoms with van der Waals surface area (Å²) in [6.45, 7) is -2.00. The van der Waals surface area contributed by atoms with Crippen LogP contribution in [0.5, 0.6) is 0 Å². The molecule has 196 valence electrons. The molecule has 13 heteroatoms. The summed E-state index contributed by atoms with van der Waals surface area (Å²) in [6.07, 6.45) is 8.40. The second-order valence-electron chi connectivity index (χ2n) is 7.97. The summed E-state index contributed by atoms with van der Waals surface area (Å²) in [7, 11) is 0. The van der Waals surface area contributed by atoms with Crippen molar-refractivity contribution < 1.29 is 27.6 Å². The molecule has 1 aliphatic carbocycles. The molecule has 2 N–H and O–H groups in total. The molecule has 0 fully saturated rings. The van der Waals surface area contributed by atoms with E-state index in [-0.39, 0.29) is 43.7 Å². The Morgan fingerprint density at radius 3 is 2.73 bits per heavy atom. The van der Waals surface area contributed by atoms with Crippen LogP contribution < -0.4 is 10.6 Å². The molecule has 2 aromatic rings. The van der Waals surface area contributed by atoms with Gasteiger partial charge in [-0.05, 0) is 12.0 Å². The third-order valence-electron chi connectivity index (χ3n) is 5.40. The lowest BCUT2D eigenvalue weighted by molar-refractivity contribution is -0.137. The van der Waals surface area contributed by atoms with Gasteiger partial charge in [-0.1, -0.05) is 53.7 Å². The van der Waals surface area contributed by atoms with Crippen molar-refractivity contribution in [3.05, 3.63) is 71.4 Å². The number of carbonyl (C=O) groups excluding carboxylic acids is 2. The van der Waals surface area contributed by atoms with Gasteiger partial charge in [0.15, 0.2) is 5.82 Å². The zero-order valence-electron chi connectivity index (χ0n) is 19.6. The smallest absolute Gasteiger partial charge is 0.345 e. The molecule has 1 atom stereocenters. The zero-order valence-corrected chi connectivity index (χ0v) is 20.4. The molecule has 0 saturated carbocycles. The molecule has 10 nitrogen and oxygen atoms in total. The van der Waals surface area contributed by atoms with Gasteiger partial charge in [-0.25, -0.2) is 0 Å². The predicted molar refractivity (Wildman–Crippen MR) is 130 cm³/mol. The number of nitrogens with zero attached hydrogens (tertiary/aromatic N) is 4. The summed E-state index contributed by atoms with van der Waals surface area (Å²) in [5.74, 6) is 0.402. The molecular formula is C24H25ClF2N6O4. The normalized spacial score (nSPS) is 16.1. The minimum absolute atomic E-state index is 0. The van der Waals surface area contributed by atoms with E-state index in [1.54, 1.807) is 30.3 Å². The summed E-state index contributed by atoms with van der Waals surface area (Å²) < 4.78 is 33.7. The Labute approximate surface area is 217 Å². The van der Waals surface area contributed by atoms with Crippen molar-refractivity contribution in [2.45, 2.75) is 32.5 Å². The van der Waals surface area contributed by atoms with Crippen LogP contribution in [0.25, 0.3) is 11.4 Å². The molecule has 1 aliphatic heterocycles. The molecule has 0 bridgehead atoms. The fraction of sp³-hybridized carbons (Fsp3) is 0.333. The second kappa shape index (κ2) is 13.5. The van der Waals surface area contributed by atoms with Crippen LogP contribution in [-0.4, -0.2) is 41.7 Å². The number of aromatic nitrogens is 2. The standard InChI is InChI=1S/C24H24F2N6O4.ClH/c25-24(26)35-14-15-6-8-16(9-7-15)21-29-20(36-32-21)11-10-19(33)27-12-3-13-28-22-17-4-1-2-5-18(17)23(34)31-30-22;/h1-2,4-9,18,24,28H,3,10-14H2,(H,27,33);1H. The van der Waals surface area contributed by atoms with E-state index < -0.39 is 12.5 Å². The lowest BCUT2D eigenvalue weighted by atomic mass is 9.93. The van der Waals surface area contributed by atoms with Gasteiger partial charge < -0.3 is 19.9 Å². The van der Waals surface area contributed by atoms with E-state index in [2.05, 4.69) is 35.7 Å². The van der Waals surface area contributed by atoms with Crippen LogP contribution in [0, 0.1) is 5.92 Å². The first kappa shape index (κ1) is 27.8. The van der Waals surface area contributed by atoms with Gasteiger partial charge in [0.1, 0.15) is 0 Å². The van der Waals surface area contributed by atoms with Gasteiger partial charge in [0, 0.05) is 37.1 Å². The average molecular weight is 535 g/mol. The molecule has 0 spiro atoms. The SMILES string of the molecule is Cl.O=C(CCc1nc(-c2ccc(COC(F)F)cc2)no1)NCCCNC1=C2C=CC=CC2C(=O)N=N1. The lowest BCUT2D eigenvalue weighted by Gasteiger charge is -2.20. The molecule has 2 amide bonds. The molecular weight excluding hydrogens is 510 g/mol. The molecule has 37 heavy (non-hydrogen) atoms. The first-order valence-electron chi connectivity index (χ1n) is 11.4. The molecule has 0 radical (unpaired) electrons. The van der Waals surface area contributed by atoms with Crippen molar-refractivity contribution >= 4 is 24.2 Å². The van der Waals surface area contributed by atoms with E-state index in [9.17, 15) is 18.4 Å². The van der Waals surface area contributed by atoms with Crippen LogP contribution in [0.3, 0.4) is 0 Å². The average Bonchev–Trinajstić information content (AvgIpc) is 3.37. The highest BCUT2D eigenvalue weighted by atomic mass is 35.5. The fourth-order valence-corrected chi connectivity index (χ4v) is 3.55. The topological polar surface area (TPSA) is 131 Å². The van der Waals surface area contributed by atoms with Crippen molar-refractivity contribution in [1.82, 2.24) is 20.8 Å². The van der Waals surface area contributed by atoms with Crippen molar-refractivity contribution in [2.75, 3.05) is 13.1 Å². The zero-order chi connectivity index (χ0) is 25.3. The van der Waals surface area contributed by atoms with Crippen molar-refractivity contribution in [3.63, 3.8) is 0 Å². The molecule has 4 rings (SSSR count). The van der Waals surface area contributed by atoms with Crippen LogP contribution in [-0.2, 0) is 27.4 Å². The number of benzene rings is 1. The van der Waals surface area contributed by atoms with Gasteiger partial charge in [0.2, 0.25) is 17.6 Å². The first-order chi connectivity index (χ1) is 17.5. The number of azo groups is 1. The summed E-state index contributed by atoms with van der Waals surface area (Å²) in [4.78, 5) is 28.2. The van der Waals surface area contributed by atoms with Gasteiger partial charge in [0.05, 0.1) is 12.5 Å². The van der Waals surface area contributed by atoms with Gasteiger partial charge >= 0.3 is 6.61 Å². The summed E-state index contributed by atoms with van der Waals surface area (Å²) >= 11 is 0. The monoisotopic (exact) mass is 534 g/mol. The summed E-state index contributed by atoms with van der Waals surface area (Å²) in [5.41, 5.74) is 2.04. The Balaban J connectivity index is 0.00000380. The number of ether oxygens (including phenoxy) is 1. The third kappa shape index (κ3) is 7.86. The molecule has 2 aliphatic rings. The summed E-state index contributed by atoms with van der Waals surface area (Å²) in [5, 5.41) is 17.5. The Bertz CT molecular complexity index is 1210. The van der Waals surface area contributed by atoms with E-state index in [1.807, 2.05) is 18.2 Å². The summed E-state index contributed by atoms with van der Waals surface area (Å²) in [6, 6.07) is 6.66. The van der Waals surface area contributed by atoms with Crippen LogP contribution >= 0.6 is 12.4 Å². The van der Waals surface area contributed by atoms with E-state index >= 15 is 0 Å². The van der Waals surface area contributed by atoms with Gasteiger partial charge in [0.25, 0.3) is 5.91 Å². The third-order valence-corrected chi connectivity index (χ3v) is 5.40. The predicted octanol–water partition coefficient (Wildman–Crippen LogP) is 3.87. The maximum atomic E-state index is 12.1. The number of amides is 2. The Hall–Kier alpha value is -3.77. The van der Waals surface area contributed by atoms with Crippen LogP contribution in [0.1, 0.15) is 24.3 Å². The number of allylic oxidation sites excluding steroid dienone is 3. The number of alkyl halides is 2. The highest BCUT2D eigenvalue weighted by Gasteiger charge is 2.26. The number of rotatable bonds is 12. The Morgan fingerprint density at radius 1 is 1.14 bits per heavy atom. The number of fused-ring (bicyclic) bond motifs is 1. The number of halogens is 3. The number of nitrogens with one attached hydrogen (secondary N) is 2. The van der Waals surface area contributed by atoms with Crippen molar-refractivity contribution in [2.24, 2.45) is 16.1 Å². The number of hydrogen-bond donors (Lipinski definition) is 2. The molecule has 1 aromatic carbocycles. The van der Waals surface area contributed by atoms with Crippen LogP contribution in [0.15, 0.2) is 74.7 Å². The van der Waals surface area contributed by atoms with E-state index in [4.69, 9.17) is 4.52 Å². The lowest BCUT2D eigenvalue weighted by Crippen LogP contribution is -2.28. The van der Waals surface area contributed by atoms with Gasteiger partial charge in [-0.3, -0.25) is 9.59 Å². The van der Waals surface area contributed by atoms with Gasteiger partial charge in [-0.2, -0.15) is 13.8 Å². The quantitative estimate of drug-likeness (QED) is 0.395. The highest BCUT2D eigenvalue weighted by molar-refractivity contribution is 5.86. The van der Waals surface area contributed by atoms with Crippen molar-refractivity contribution in [1.29, 1.82) is 0 Å². The van der Waals surface area contributed by atoms with Gasteiger partial charge in [-0.15, -0.1) is 22.6 Å². The molecule has 1 unspecified atom stereocenters. The highest BCUT2D eigenvalue weighted by Crippen LogP contribution is 2.27. The molecule has 2 heterocycles. The first-order valence-corrected chi connectivity index (χ1v) is 11.4. The second-order valence-corrected chi connectivity index (χ2v) is 7.97. The molecule has 1 aromatic heterocycles. The number of hydrogen-bond acceptors (Lipinski definition) is 8. The van der Waals surface area contributed by atoms with Crippen LogP contribution in [0.2, 0.25) is 0 Å². The van der Waals surface area contributed by atoms with Crippen LogP contribution in [0.4, 0.5) is 8.78 Å². The Kier molecular flexibility index (Phi) is 10.2. The largest absolute Gasteiger partial charge is 0.368 e. The number of carbonyl (C=O) groups is 2. The Morgan fingerprint density at radius 2 is 1.95 bits per heavy atom. The van der Waals surface area contributed by atoms with E-state index in [1.165, 1.54) is 0 Å².